The lowest BCUT2D eigenvalue weighted by atomic mass is 9.87. The van der Waals surface area contributed by atoms with Crippen LogP contribution in [0.2, 0.25) is 0 Å². The lowest BCUT2D eigenvalue weighted by molar-refractivity contribution is 0.437. The van der Waals surface area contributed by atoms with Crippen molar-refractivity contribution in [3.05, 3.63) is 16.1 Å². The number of nitrogens with one attached hydrogen (secondary N) is 1. The molecule has 96 valence electrons. The quantitative estimate of drug-likeness (QED) is 0.858. The Morgan fingerprint density at radius 3 is 2.82 bits per heavy atom. The summed E-state index contributed by atoms with van der Waals surface area (Å²) in [6.45, 7) is 6.50. The van der Waals surface area contributed by atoms with Gasteiger partial charge in [-0.15, -0.1) is 11.3 Å². The zero-order chi connectivity index (χ0) is 12.1. The first-order valence-corrected chi connectivity index (χ1v) is 7.78. The molecule has 2 nitrogen and oxygen atoms in total. The van der Waals surface area contributed by atoms with Crippen LogP contribution in [-0.4, -0.2) is 11.5 Å². The first kappa shape index (κ1) is 13.0. The number of thiazole rings is 1. The fourth-order valence-electron chi connectivity index (χ4n) is 2.46. The SMILES string of the molecule is CC(C)CNCc1nc(C2CCCCC2)cs1. The summed E-state index contributed by atoms with van der Waals surface area (Å²) in [5.41, 5.74) is 1.36. The molecule has 0 aliphatic heterocycles. The van der Waals surface area contributed by atoms with Crippen LogP contribution < -0.4 is 5.32 Å². The van der Waals surface area contributed by atoms with E-state index in [-0.39, 0.29) is 0 Å². The van der Waals surface area contributed by atoms with Gasteiger partial charge in [0.2, 0.25) is 0 Å². The molecule has 0 radical (unpaired) electrons. The number of nitrogens with zero attached hydrogens (tertiary/aromatic N) is 1. The molecule has 0 spiro atoms. The van der Waals surface area contributed by atoms with Crippen molar-refractivity contribution in [3.8, 4) is 0 Å². The average molecular weight is 252 g/mol. The molecule has 0 atom stereocenters. The minimum atomic E-state index is 0.716. The summed E-state index contributed by atoms with van der Waals surface area (Å²) < 4.78 is 0. The predicted molar refractivity (Wildman–Crippen MR) is 74.5 cm³/mol. The maximum atomic E-state index is 4.79. The number of rotatable bonds is 5. The van der Waals surface area contributed by atoms with E-state index in [2.05, 4.69) is 24.5 Å². The number of aromatic nitrogens is 1. The van der Waals surface area contributed by atoms with Crippen LogP contribution in [0.1, 0.15) is 62.6 Å². The molecule has 1 N–H and O–H groups in total. The van der Waals surface area contributed by atoms with Gasteiger partial charge in [0.05, 0.1) is 5.69 Å². The molecule has 1 fully saturated rings. The number of hydrogen-bond donors (Lipinski definition) is 1. The van der Waals surface area contributed by atoms with Crippen LogP contribution >= 0.6 is 11.3 Å². The largest absolute Gasteiger partial charge is 0.310 e. The molecule has 17 heavy (non-hydrogen) atoms. The van der Waals surface area contributed by atoms with Crippen molar-refractivity contribution >= 4 is 11.3 Å². The van der Waals surface area contributed by atoms with Crippen molar-refractivity contribution in [2.45, 2.75) is 58.4 Å². The van der Waals surface area contributed by atoms with Gasteiger partial charge >= 0.3 is 0 Å². The van der Waals surface area contributed by atoms with Crippen LogP contribution in [0.25, 0.3) is 0 Å². The Kier molecular flexibility index (Phi) is 4.99. The zero-order valence-corrected chi connectivity index (χ0v) is 11.9. The molecule has 0 amide bonds. The second-order valence-electron chi connectivity index (χ2n) is 5.53. The molecule has 0 bridgehead atoms. The Bertz CT molecular complexity index is 327. The van der Waals surface area contributed by atoms with E-state index in [4.69, 9.17) is 4.98 Å². The zero-order valence-electron chi connectivity index (χ0n) is 11.0. The molecule has 1 aliphatic carbocycles. The third kappa shape index (κ3) is 4.07. The van der Waals surface area contributed by atoms with E-state index in [0.717, 1.165) is 19.0 Å². The third-order valence-electron chi connectivity index (χ3n) is 3.42. The highest BCUT2D eigenvalue weighted by molar-refractivity contribution is 7.09. The average Bonchev–Trinajstić information content (AvgIpc) is 2.78. The lowest BCUT2D eigenvalue weighted by Gasteiger charge is -2.19. The van der Waals surface area contributed by atoms with Gasteiger partial charge in [0.15, 0.2) is 0 Å². The molecule has 2 rings (SSSR count). The normalized spacial score (nSPS) is 17.8. The van der Waals surface area contributed by atoms with Gasteiger partial charge in [-0.05, 0) is 25.3 Å². The van der Waals surface area contributed by atoms with E-state index >= 15 is 0 Å². The van der Waals surface area contributed by atoms with Gasteiger partial charge in [0, 0.05) is 17.8 Å². The molecule has 3 heteroatoms. The van der Waals surface area contributed by atoms with Gasteiger partial charge in [-0.3, -0.25) is 0 Å². The summed E-state index contributed by atoms with van der Waals surface area (Å²) in [7, 11) is 0. The Hall–Kier alpha value is -0.410. The molecular formula is C14H24N2S. The first-order chi connectivity index (χ1) is 8.25. The molecule has 1 heterocycles. The van der Waals surface area contributed by atoms with Crippen molar-refractivity contribution in [1.29, 1.82) is 0 Å². The smallest absolute Gasteiger partial charge is 0.107 e. The Morgan fingerprint density at radius 1 is 1.35 bits per heavy atom. The molecule has 0 saturated heterocycles. The van der Waals surface area contributed by atoms with Gasteiger partial charge in [0.1, 0.15) is 5.01 Å². The monoisotopic (exact) mass is 252 g/mol. The van der Waals surface area contributed by atoms with Gasteiger partial charge in [0.25, 0.3) is 0 Å². The summed E-state index contributed by atoms with van der Waals surface area (Å²) in [5, 5.41) is 7.00. The lowest BCUT2D eigenvalue weighted by Crippen LogP contribution is -2.18. The van der Waals surface area contributed by atoms with Crippen LogP contribution in [-0.2, 0) is 6.54 Å². The van der Waals surface area contributed by atoms with Crippen LogP contribution in [0.15, 0.2) is 5.38 Å². The third-order valence-corrected chi connectivity index (χ3v) is 4.29. The molecule has 1 aliphatic rings. The fraction of sp³-hybridized carbons (Fsp3) is 0.786. The van der Waals surface area contributed by atoms with Crippen molar-refractivity contribution in [1.82, 2.24) is 10.3 Å². The van der Waals surface area contributed by atoms with Crippen molar-refractivity contribution in [2.75, 3.05) is 6.54 Å². The van der Waals surface area contributed by atoms with Crippen LogP contribution in [0.5, 0.6) is 0 Å². The van der Waals surface area contributed by atoms with Crippen molar-refractivity contribution < 1.29 is 0 Å². The molecular weight excluding hydrogens is 228 g/mol. The Morgan fingerprint density at radius 2 is 2.12 bits per heavy atom. The van der Waals surface area contributed by atoms with Gasteiger partial charge in [-0.2, -0.15) is 0 Å². The predicted octanol–water partition coefficient (Wildman–Crippen LogP) is 3.94. The summed E-state index contributed by atoms with van der Waals surface area (Å²) >= 11 is 1.82. The summed E-state index contributed by atoms with van der Waals surface area (Å²) in [6.07, 6.45) is 6.90. The van der Waals surface area contributed by atoms with E-state index in [9.17, 15) is 0 Å². The fourth-order valence-corrected chi connectivity index (χ4v) is 3.31. The summed E-state index contributed by atoms with van der Waals surface area (Å²) in [6, 6.07) is 0. The highest BCUT2D eigenvalue weighted by Crippen LogP contribution is 2.32. The van der Waals surface area contributed by atoms with Crippen LogP contribution in [0.3, 0.4) is 0 Å². The maximum Gasteiger partial charge on any atom is 0.107 e. The molecule has 1 aromatic heterocycles. The number of hydrogen-bond acceptors (Lipinski definition) is 3. The van der Waals surface area contributed by atoms with E-state index in [0.29, 0.717) is 5.92 Å². The van der Waals surface area contributed by atoms with Crippen molar-refractivity contribution in [3.63, 3.8) is 0 Å². The molecule has 0 unspecified atom stereocenters. The van der Waals surface area contributed by atoms with E-state index in [1.807, 2.05) is 11.3 Å². The van der Waals surface area contributed by atoms with Crippen molar-refractivity contribution in [2.24, 2.45) is 5.92 Å². The van der Waals surface area contributed by atoms with Gasteiger partial charge in [-0.25, -0.2) is 4.98 Å². The minimum absolute atomic E-state index is 0.716. The second kappa shape index (κ2) is 6.50. The second-order valence-corrected chi connectivity index (χ2v) is 6.47. The molecule has 1 saturated carbocycles. The molecule has 0 aromatic carbocycles. The van der Waals surface area contributed by atoms with Crippen LogP contribution in [0.4, 0.5) is 0 Å². The van der Waals surface area contributed by atoms with Crippen LogP contribution in [0, 0.1) is 5.92 Å². The van der Waals surface area contributed by atoms with E-state index < -0.39 is 0 Å². The minimum Gasteiger partial charge on any atom is -0.310 e. The topological polar surface area (TPSA) is 24.9 Å². The van der Waals surface area contributed by atoms with E-state index in [1.165, 1.54) is 42.8 Å². The standard InChI is InChI=1S/C14H24N2S/c1-11(2)8-15-9-14-16-13(10-17-14)12-6-4-3-5-7-12/h10-12,15H,3-9H2,1-2H3. The Labute approximate surface area is 109 Å². The highest BCUT2D eigenvalue weighted by atomic mass is 32.1. The summed E-state index contributed by atoms with van der Waals surface area (Å²) in [4.78, 5) is 4.79. The summed E-state index contributed by atoms with van der Waals surface area (Å²) in [5.74, 6) is 1.46. The molecule has 1 aromatic rings. The highest BCUT2D eigenvalue weighted by Gasteiger charge is 2.17. The maximum absolute atomic E-state index is 4.79. The first-order valence-electron chi connectivity index (χ1n) is 6.90. The van der Waals surface area contributed by atoms with Gasteiger partial charge in [-0.1, -0.05) is 33.1 Å². The van der Waals surface area contributed by atoms with E-state index in [1.54, 1.807) is 0 Å². The van der Waals surface area contributed by atoms with Gasteiger partial charge < -0.3 is 5.32 Å². The Balaban J connectivity index is 1.82.